The van der Waals surface area contributed by atoms with Crippen molar-refractivity contribution < 1.29 is 8.42 Å². The molecule has 0 spiro atoms. The Bertz CT molecular complexity index is 521. The fourth-order valence-electron chi connectivity index (χ4n) is 1.81. The van der Waals surface area contributed by atoms with Crippen molar-refractivity contribution in [3.05, 3.63) is 24.5 Å². The van der Waals surface area contributed by atoms with E-state index in [2.05, 4.69) is 10.4 Å². The molecule has 0 saturated heterocycles. The lowest BCUT2D eigenvalue weighted by atomic mass is 10.3. The molecule has 0 aliphatic carbocycles. The first-order chi connectivity index (χ1) is 8.64. The van der Waals surface area contributed by atoms with Gasteiger partial charge in [-0.05, 0) is 13.5 Å². The van der Waals surface area contributed by atoms with Crippen LogP contribution in [0.5, 0.6) is 0 Å². The summed E-state index contributed by atoms with van der Waals surface area (Å²) in [6.45, 7) is 2.41. The summed E-state index contributed by atoms with van der Waals surface area (Å²) in [7, 11) is -1.54. The van der Waals surface area contributed by atoms with Crippen molar-refractivity contribution in [3.8, 4) is 0 Å². The molecule has 7 heteroatoms. The van der Waals surface area contributed by atoms with Gasteiger partial charge in [-0.15, -0.1) is 0 Å². The van der Waals surface area contributed by atoms with Gasteiger partial charge in [0.15, 0.2) is 0 Å². The molecule has 1 N–H and O–H groups in total. The minimum atomic E-state index is -3.39. The van der Waals surface area contributed by atoms with Gasteiger partial charge in [0.2, 0.25) is 10.0 Å². The number of aromatic nitrogens is 2. The van der Waals surface area contributed by atoms with Gasteiger partial charge in [-0.2, -0.15) is 9.40 Å². The van der Waals surface area contributed by atoms with Crippen molar-refractivity contribution in [2.75, 3.05) is 26.7 Å². The van der Waals surface area contributed by atoms with Crippen molar-refractivity contribution in [1.29, 1.82) is 0 Å². The van der Waals surface area contributed by atoms with Crippen LogP contribution in [-0.4, -0.2) is 49.2 Å². The Kier molecular flexibility index (Phi) is 4.15. The summed E-state index contributed by atoms with van der Waals surface area (Å²) in [5.74, 6) is 0. The fraction of sp³-hybridized carbons (Fsp3) is 0.545. The molecule has 0 atom stereocenters. The maximum absolute atomic E-state index is 12.3. The zero-order valence-corrected chi connectivity index (χ0v) is 11.2. The lowest BCUT2D eigenvalue weighted by molar-refractivity contribution is 0.437. The minimum absolute atomic E-state index is 0.272. The smallest absolute Gasteiger partial charge is 0.246 e. The molecule has 0 bridgehead atoms. The highest BCUT2D eigenvalue weighted by atomic mass is 32.2. The normalized spacial score (nSPS) is 17.2. The quantitative estimate of drug-likeness (QED) is 0.768. The second-order valence-electron chi connectivity index (χ2n) is 4.17. The van der Waals surface area contributed by atoms with Crippen molar-refractivity contribution in [1.82, 2.24) is 19.4 Å². The molecule has 0 fully saturated rings. The van der Waals surface area contributed by atoms with Gasteiger partial charge in [-0.1, -0.05) is 12.2 Å². The molecule has 2 rings (SSSR count). The van der Waals surface area contributed by atoms with Crippen LogP contribution >= 0.6 is 0 Å². The molecule has 1 aromatic heterocycles. The zero-order chi connectivity index (χ0) is 13.0. The van der Waals surface area contributed by atoms with Gasteiger partial charge >= 0.3 is 0 Å². The van der Waals surface area contributed by atoms with Crippen molar-refractivity contribution >= 4 is 10.0 Å². The molecule has 18 heavy (non-hydrogen) atoms. The van der Waals surface area contributed by atoms with Gasteiger partial charge in [0.05, 0.1) is 12.7 Å². The molecule has 0 aromatic carbocycles. The maximum atomic E-state index is 12.3. The summed E-state index contributed by atoms with van der Waals surface area (Å²) < 4.78 is 27.7. The predicted octanol–water partition coefficient (Wildman–Crippen LogP) is 0.0531. The zero-order valence-electron chi connectivity index (χ0n) is 10.4. The second kappa shape index (κ2) is 5.64. The topological polar surface area (TPSA) is 67.2 Å². The molecule has 1 aromatic rings. The molecule has 2 heterocycles. The fourth-order valence-corrected chi connectivity index (χ4v) is 3.18. The number of hydrogen-bond acceptors (Lipinski definition) is 4. The molecule has 1 aliphatic rings. The molecule has 100 valence electrons. The number of sulfonamides is 1. The number of hydrogen-bond donors (Lipinski definition) is 1. The minimum Gasteiger partial charge on any atom is -0.318 e. The van der Waals surface area contributed by atoms with Gasteiger partial charge in [-0.25, -0.2) is 8.42 Å². The summed E-state index contributed by atoms with van der Waals surface area (Å²) in [5, 5.41) is 7.07. The van der Waals surface area contributed by atoms with Gasteiger partial charge in [-0.3, -0.25) is 4.68 Å². The summed E-state index contributed by atoms with van der Waals surface area (Å²) in [6.07, 6.45) is 7.66. The van der Waals surface area contributed by atoms with Crippen LogP contribution in [0.15, 0.2) is 29.4 Å². The average molecular weight is 270 g/mol. The summed E-state index contributed by atoms with van der Waals surface area (Å²) in [6, 6.07) is 0. The summed E-state index contributed by atoms with van der Waals surface area (Å²) in [5.41, 5.74) is 0. The SMILES string of the molecule is CNCCn1cc(S(=O)(=O)N2CC=CCC2)cn1. The maximum Gasteiger partial charge on any atom is 0.246 e. The summed E-state index contributed by atoms with van der Waals surface area (Å²) in [4.78, 5) is 0.272. The standard InChI is InChI=1S/C11H18N4O2S/c1-12-5-8-14-10-11(9-13-14)18(16,17)15-6-3-2-4-7-15/h2-3,9-10,12H,4-8H2,1H3. The molecule has 1 aliphatic heterocycles. The third-order valence-corrected chi connectivity index (χ3v) is 4.68. The molecular formula is C11H18N4O2S. The van der Waals surface area contributed by atoms with E-state index in [1.165, 1.54) is 10.5 Å². The Morgan fingerprint density at radius 1 is 1.44 bits per heavy atom. The van der Waals surface area contributed by atoms with Gasteiger partial charge in [0.25, 0.3) is 0 Å². The van der Waals surface area contributed by atoms with Crippen LogP contribution in [-0.2, 0) is 16.6 Å². The highest BCUT2D eigenvalue weighted by Gasteiger charge is 2.25. The Hall–Kier alpha value is -1.18. The van der Waals surface area contributed by atoms with E-state index < -0.39 is 10.0 Å². The second-order valence-corrected chi connectivity index (χ2v) is 6.10. The predicted molar refractivity (Wildman–Crippen MR) is 68.7 cm³/mol. The van der Waals surface area contributed by atoms with Crippen molar-refractivity contribution in [3.63, 3.8) is 0 Å². The monoisotopic (exact) mass is 270 g/mol. The third kappa shape index (κ3) is 2.80. The van der Waals surface area contributed by atoms with Crippen LogP contribution in [0.25, 0.3) is 0 Å². The highest BCUT2D eigenvalue weighted by molar-refractivity contribution is 7.89. The van der Waals surface area contributed by atoms with Gasteiger partial charge in [0.1, 0.15) is 4.90 Å². The van der Waals surface area contributed by atoms with E-state index in [0.717, 1.165) is 13.0 Å². The van der Waals surface area contributed by atoms with Crippen LogP contribution in [0.3, 0.4) is 0 Å². The van der Waals surface area contributed by atoms with Crippen LogP contribution < -0.4 is 5.32 Å². The molecule has 0 radical (unpaired) electrons. The van der Waals surface area contributed by atoms with E-state index >= 15 is 0 Å². The Balaban J connectivity index is 2.14. The van der Waals surface area contributed by atoms with E-state index in [-0.39, 0.29) is 4.90 Å². The van der Waals surface area contributed by atoms with Crippen molar-refractivity contribution in [2.24, 2.45) is 0 Å². The first-order valence-corrected chi connectivity index (χ1v) is 7.41. The first kappa shape index (κ1) is 13.3. The third-order valence-electron chi connectivity index (χ3n) is 2.86. The molecular weight excluding hydrogens is 252 g/mol. The van der Waals surface area contributed by atoms with E-state index in [1.807, 2.05) is 19.2 Å². The van der Waals surface area contributed by atoms with E-state index in [0.29, 0.717) is 19.6 Å². The number of likely N-dealkylation sites (N-methyl/N-ethyl adjacent to an activating group) is 1. The summed E-state index contributed by atoms with van der Waals surface area (Å²) >= 11 is 0. The lowest BCUT2D eigenvalue weighted by Crippen LogP contribution is -2.33. The molecule has 0 saturated carbocycles. The highest BCUT2D eigenvalue weighted by Crippen LogP contribution is 2.17. The van der Waals surface area contributed by atoms with E-state index in [4.69, 9.17) is 0 Å². The number of nitrogens with zero attached hydrogens (tertiary/aromatic N) is 3. The number of rotatable bonds is 5. The Morgan fingerprint density at radius 3 is 2.94 bits per heavy atom. The van der Waals surface area contributed by atoms with Gasteiger partial charge in [0, 0.05) is 25.8 Å². The Labute approximate surface area is 107 Å². The lowest BCUT2D eigenvalue weighted by Gasteiger charge is -2.21. The van der Waals surface area contributed by atoms with Crippen LogP contribution in [0.1, 0.15) is 6.42 Å². The first-order valence-electron chi connectivity index (χ1n) is 5.97. The average Bonchev–Trinajstić information content (AvgIpc) is 2.87. The molecule has 0 unspecified atom stereocenters. The largest absolute Gasteiger partial charge is 0.318 e. The van der Waals surface area contributed by atoms with Crippen LogP contribution in [0.4, 0.5) is 0 Å². The van der Waals surface area contributed by atoms with Crippen LogP contribution in [0, 0.1) is 0 Å². The molecule has 0 amide bonds. The Morgan fingerprint density at radius 2 is 2.28 bits per heavy atom. The van der Waals surface area contributed by atoms with Crippen LogP contribution in [0.2, 0.25) is 0 Å². The van der Waals surface area contributed by atoms with Crippen molar-refractivity contribution in [2.45, 2.75) is 17.9 Å². The van der Waals surface area contributed by atoms with Gasteiger partial charge < -0.3 is 5.32 Å². The molecule has 6 nitrogen and oxygen atoms in total. The van der Waals surface area contributed by atoms with E-state index in [1.54, 1.807) is 10.9 Å². The number of nitrogens with one attached hydrogen (secondary N) is 1. The van der Waals surface area contributed by atoms with E-state index in [9.17, 15) is 8.42 Å².